The summed E-state index contributed by atoms with van der Waals surface area (Å²) in [5.41, 5.74) is 10.5. The molecule has 11 nitrogen and oxygen atoms in total. The number of piperidine rings is 2. The fourth-order valence-electron chi connectivity index (χ4n) is 5.82. The lowest BCUT2D eigenvalue weighted by atomic mass is 10.2. The van der Waals surface area contributed by atoms with Crippen LogP contribution in [0.5, 0.6) is 0 Å². The zero-order valence-corrected chi connectivity index (χ0v) is 34.1. The number of nitrogens with zero attached hydrogens (tertiary/aromatic N) is 4. The molecule has 0 saturated carbocycles. The Morgan fingerprint density at radius 3 is 2.05 bits per heavy atom. The molecule has 0 unspecified atom stereocenters. The average Bonchev–Trinajstić information content (AvgIpc) is 3.94. The van der Waals surface area contributed by atoms with Gasteiger partial charge >= 0.3 is 0 Å². The highest BCUT2D eigenvalue weighted by Crippen LogP contribution is 2.26. The van der Waals surface area contributed by atoms with Gasteiger partial charge in [0.05, 0.1) is 5.56 Å². The molecule has 0 atom stereocenters. The van der Waals surface area contributed by atoms with E-state index < -0.39 is 0 Å². The van der Waals surface area contributed by atoms with Gasteiger partial charge in [0.1, 0.15) is 11.2 Å². The third kappa shape index (κ3) is 14.2. The van der Waals surface area contributed by atoms with Crippen LogP contribution in [-0.2, 0) is 13.1 Å². The molecule has 8 rings (SSSR count). The Labute approximate surface area is 336 Å². The van der Waals surface area contributed by atoms with E-state index in [2.05, 4.69) is 54.5 Å². The quantitative estimate of drug-likeness (QED) is 0.0880. The largest absolute Gasteiger partial charge is 0.451 e. The number of amides is 2. The molecule has 12 heteroatoms. The molecule has 5 N–H and O–H groups in total. The number of carbonyl (C=O) groups excluding carboxylic acids is 2. The Hall–Kier alpha value is -5.17. The molecular formula is C44H58N8O3S. The number of rotatable bonds is 8. The minimum absolute atomic E-state index is 0.0765. The molecule has 2 fully saturated rings. The topological polar surface area (TPSA) is 143 Å². The third-order valence-electron chi connectivity index (χ3n) is 8.76. The van der Waals surface area contributed by atoms with Crippen LogP contribution < -0.4 is 21.7 Å². The second-order valence-electron chi connectivity index (χ2n) is 12.8. The van der Waals surface area contributed by atoms with Crippen LogP contribution in [-0.4, -0.2) is 56.7 Å². The predicted octanol–water partition coefficient (Wildman–Crippen LogP) is 8.91. The number of fused-ring (bicyclic) bond motifs is 2. The number of nitrogens with two attached hydrogens (primary N) is 1. The molecule has 2 aliphatic heterocycles. The molecule has 4 aromatic heterocycles. The lowest BCUT2D eigenvalue weighted by molar-refractivity contribution is 0.0923. The molecule has 0 aliphatic carbocycles. The number of nitrogen functional groups attached to an aromatic ring is 1. The van der Waals surface area contributed by atoms with Crippen LogP contribution in [0, 0.1) is 0 Å². The normalized spacial score (nSPS) is 13.6. The van der Waals surface area contributed by atoms with E-state index in [0.29, 0.717) is 29.9 Å². The molecule has 0 bridgehead atoms. The van der Waals surface area contributed by atoms with Crippen LogP contribution in [0.25, 0.3) is 16.6 Å². The van der Waals surface area contributed by atoms with Gasteiger partial charge in [-0.2, -0.15) is 0 Å². The fourth-order valence-corrected chi connectivity index (χ4v) is 6.81. The van der Waals surface area contributed by atoms with Gasteiger partial charge in [-0.25, -0.2) is 9.29 Å². The van der Waals surface area contributed by atoms with Gasteiger partial charge in [0, 0.05) is 73.1 Å². The Balaban J connectivity index is 0.000000205. The minimum atomic E-state index is -0.252. The van der Waals surface area contributed by atoms with E-state index in [9.17, 15) is 9.59 Å². The van der Waals surface area contributed by atoms with Gasteiger partial charge in [-0.15, -0.1) is 0 Å². The van der Waals surface area contributed by atoms with Crippen molar-refractivity contribution in [3.8, 4) is 0 Å². The molecule has 0 radical (unpaired) electrons. The van der Waals surface area contributed by atoms with E-state index >= 15 is 0 Å². The number of carbonyl (C=O) groups is 2. The number of hydrogen-bond acceptors (Lipinski definition) is 9. The lowest BCUT2D eigenvalue weighted by Crippen LogP contribution is -2.23. The number of furan rings is 1. The van der Waals surface area contributed by atoms with Crippen molar-refractivity contribution < 1.29 is 14.0 Å². The maximum Gasteiger partial charge on any atom is 0.287 e. The van der Waals surface area contributed by atoms with Crippen molar-refractivity contribution in [3.63, 3.8) is 0 Å². The summed E-state index contributed by atoms with van der Waals surface area (Å²) < 4.78 is 9.75. The summed E-state index contributed by atoms with van der Waals surface area (Å²) in [6.45, 7) is 13.8. The Morgan fingerprint density at radius 2 is 1.43 bits per heavy atom. The summed E-state index contributed by atoms with van der Waals surface area (Å²) in [7, 11) is 0. The molecule has 0 spiro atoms. The maximum atomic E-state index is 12.4. The third-order valence-corrected chi connectivity index (χ3v) is 9.86. The number of nitrogens with one attached hydrogen (secondary N) is 3. The molecule has 298 valence electrons. The Bertz CT molecular complexity index is 1970. The molecule has 6 heterocycles. The summed E-state index contributed by atoms with van der Waals surface area (Å²) in [6, 6.07) is 22.9. The highest BCUT2D eigenvalue weighted by atomic mass is 32.2. The Kier molecular flexibility index (Phi) is 19.0. The first-order valence-corrected chi connectivity index (χ1v) is 20.7. The van der Waals surface area contributed by atoms with Crippen molar-refractivity contribution in [2.45, 2.75) is 84.2 Å². The number of imidazole rings is 1. The summed E-state index contributed by atoms with van der Waals surface area (Å²) in [4.78, 5) is 33.8. The van der Waals surface area contributed by atoms with E-state index in [1.165, 1.54) is 69.6 Å². The SMILES string of the molecule is C1CCNCC1.CC.CC.Nc1ccc(CNC(=O)c2cc3cnccc3o2)cc1.O=C(NCc1ccc(SN2CCCCC2)cc1)c1ccc2nccn2c1. The molecule has 2 amide bonds. The van der Waals surface area contributed by atoms with Crippen LogP contribution in [0.15, 0.2) is 113 Å². The first kappa shape index (κ1) is 43.6. The first-order valence-electron chi connectivity index (χ1n) is 19.9. The van der Waals surface area contributed by atoms with Crippen molar-refractivity contribution >= 4 is 46.1 Å². The standard InChI is InChI=1S/C20H22N4OS.C15H13N3O2.C5H11N.2C2H6/c25-20(17-6-9-19-21-10-13-23(19)15-17)22-14-16-4-7-18(8-5-16)26-24-11-2-1-3-12-24;16-12-3-1-10(2-4-12)8-18-15(19)14-7-11-9-17-6-5-13(11)20-14;1-2-4-6-5-3-1;2*1-2/h4-10,13,15H,1-3,11-12,14H2,(H,22,25);1-7,9H,8,16H2,(H,18,19);6H,1-5H2;2*1-2H3. The molecule has 2 saturated heterocycles. The zero-order valence-electron chi connectivity index (χ0n) is 33.3. The zero-order chi connectivity index (χ0) is 40.0. The van der Waals surface area contributed by atoms with Crippen LogP contribution in [0.4, 0.5) is 5.69 Å². The van der Waals surface area contributed by atoms with Crippen LogP contribution in [0.2, 0.25) is 0 Å². The molecular weight excluding hydrogens is 721 g/mol. The summed E-state index contributed by atoms with van der Waals surface area (Å²) >= 11 is 1.83. The smallest absolute Gasteiger partial charge is 0.287 e. The van der Waals surface area contributed by atoms with Crippen LogP contribution in [0.3, 0.4) is 0 Å². The highest BCUT2D eigenvalue weighted by Gasteiger charge is 2.13. The number of hydrogen-bond donors (Lipinski definition) is 4. The second kappa shape index (κ2) is 24.4. The van der Waals surface area contributed by atoms with E-state index in [1.807, 2.05) is 68.4 Å². The van der Waals surface area contributed by atoms with E-state index in [4.69, 9.17) is 10.2 Å². The van der Waals surface area contributed by atoms with Crippen molar-refractivity contribution in [2.75, 3.05) is 31.9 Å². The van der Waals surface area contributed by atoms with Crippen LogP contribution >= 0.6 is 11.9 Å². The Morgan fingerprint density at radius 1 is 0.786 bits per heavy atom. The van der Waals surface area contributed by atoms with Crippen molar-refractivity contribution in [1.82, 2.24) is 34.6 Å². The monoisotopic (exact) mass is 778 g/mol. The maximum absolute atomic E-state index is 12.4. The fraction of sp³-hybridized carbons (Fsp3) is 0.364. The van der Waals surface area contributed by atoms with Gasteiger partial charge in [-0.1, -0.05) is 64.8 Å². The van der Waals surface area contributed by atoms with Gasteiger partial charge < -0.3 is 30.5 Å². The predicted molar refractivity (Wildman–Crippen MR) is 230 cm³/mol. The van der Waals surface area contributed by atoms with Crippen LogP contribution in [0.1, 0.15) is 98.3 Å². The van der Waals surface area contributed by atoms with E-state index in [0.717, 1.165) is 22.2 Å². The number of pyridine rings is 2. The highest BCUT2D eigenvalue weighted by molar-refractivity contribution is 7.97. The van der Waals surface area contributed by atoms with Crippen molar-refractivity contribution in [1.29, 1.82) is 0 Å². The number of aromatic nitrogens is 3. The lowest BCUT2D eigenvalue weighted by Gasteiger charge is -2.25. The van der Waals surface area contributed by atoms with Gasteiger partial charge in [-0.05, 0) is 110 Å². The number of anilines is 1. The van der Waals surface area contributed by atoms with E-state index in [-0.39, 0.29) is 17.6 Å². The molecule has 6 aromatic rings. The molecule has 2 aromatic carbocycles. The summed E-state index contributed by atoms with van der Waals surface area (Å²) in [6.07, 6.45) is 16.8. The van der Waals surface area contributed by atoms with Gasteiger partial charge in [0.2, 0.25) is 0 Å². The van der Waals surface area contributed by atoms with E-state index in [1.54, 1.807) is 55.1 Å². The summed E-state index contributed by atoms with van der Waals surface area (Å²) in [5.74, 6) is -0.0474. The average molecular weight is 779 g/mol. The van der Waals surface area contributed by atoms with Crippen molar-refractivity contribution in [2.24, 2.45) is 0 Å². The first-order chi connectivity index (χ1) is 27.5. The number of benzene rings is 2. The minimum Gasteiger partial charge on any atom is -0.451 e. The van der Waals surface area contributed by atoms with Gasteiger partial charge in [-0.3, -0.25) is 14.6 Å². The molecule has 56 heavy (non-hydrogen) atoms. The van der Waals surface area contributed by atoms with Crippen molar-refractivity contribution in [3.05, 3.63) is 126 Å². The van der Waals surface area contributed by atoms with Gasteiger partial charge in [0.25, 0.3) is 11.8 Å². The second-order valence-corrected chi connectivity index (χ2v) is 13.9. The molecule has 2 aliphatic rings. The van der Waals surface area contributed by atoms with Gasteiger partial charge in [0.15, 0.2) is 5.76 Å². The summed E-state index contributed by atoms with van der Waals surface area (Å²) in [5, 5.41) is 9.88.